The molecule has 0 atom stereocenters. The SMILES string of the molecule is C=CCCC(=O)CC(=O)[O-].CC(C)[O-].CC(C)[O-].[Ti+3]. The van der Waals surface area contributed by atoms with Gasteiger partial charge in [0.1, 0.15) is 5.78 Å². The van der Waals surface area contributed by atoms with Crippen LogP contribution in [0, 0.1) is 0 Å². The summed E-state index contributed by atoms with van der Waals surface area (Å²) in [7, 11) is 0. The van der Waals surface area contributed by atoms with Crippen LogP contribution in [-0.2, 0) is 31.3 Å². The maximum Gasteiger partial charge on any atom is 3.00 e. The largest absolute Gasteiger partial charge is 3.00 e. The second kappa shape index (κ2) is 19.8. The molecule has 0 fully saturated rings. The predicted molar refractivity (Wildman–Crippen MR) is 64.3 cm³/mol. The molecule has 0 aromatic rings. The minimum Gasteiger partial charge on any atom is -0.852 e. The van der Waals surface area contributed by atoms with E-state index in [9.17, 15) is 24.9 Å². The van der Waals surface area contributed by atoms with Gasteiger partial charge in [0, 0.05) is 18.8 Å². The molecule has 0 saturated heterocycles. The molecule has 0 aromatic carbocycles. The van der Waals surface area contributed by atoms with Crippen LogP contribution in [0.5, 0.6) is 0 Å². The average molecular weight is 307 g/mol. The van der Waals surface area contributed by atoms with Crippen LogP contribution >= 0.6 is 0 Å². The zero-order chi connectivity index (χ0) is 15.1. The first-order valence-corrected chi connectivity index (χ1v) is 5.77. The molecule has 0 unspecified atom stereocenters. The zero-order valence-corrected chi connectivity index (χ0v) is 13.7. The molecule has 0 spiro atoms. The number of Topliss-reactive ketones (excluding diaryl/α,β-unsaturated/α-hetero) is 1. The Morgan fingerprint density at radius 2 is 1.42 bits per heavy atom. The number of carboxylic acids is 1. The van der Waals surface area contributed by atoms with E-state index in [0.717, 1.165) is 0 Å². The molecular weight excluding hydrogens is 284 g/mol. The molecule has 0 aliphatic rings. The standard InChI is InChI=1S/C7H10O3.2C3H7O.Ti/c1-2-3-4-6(8)5-7(9)10;2*1-3(2)4;/h2H,1,3-5H2,(H,9,10);2*3H,1-2H3;/q;2*-1;+3/p-1. The Balaban J connectivity index is -0.000000105. The second-order valence-electron chi connectivity index (χ2n) is 4.01. The summed E-state index contributed by atoms with van der Waals surface area (Å²) < 4.78 is 0. The molecule has 0 amide bonds. The topological polar surface area (TPSA) is 103 Å². The van der Waals surface area contributed by atoms with Crippen molar-refractivity contribution in [2.24, 2.45) is 0 Å². The van der Waals surface area contributed by atoms with Crippen molar-refractivity contribution in [1.82, 2.24) is 0 Å². The van der Waals surface area contributed by atoms with Crippen LogP contribution in [0.2, 0.25) is 0 Å². The van der Waals surface area contributed by atoms with Gasteiger partial charge in [0.05, 0.1) is 0 Å². The Morgan fingerprint density at radius 1 is 1.11 bits per heavy atom. The zero-order valence-electron chi connectivity index (χ0n) is 12.1. The monoisotopic (exact) mass is 307 g/mol. The van der Waals surface area contributed by atoms with Crippen molar-refractivity contribution >= 4 is 11.8 Å². The van der Waals surface area contributed by atoms with Gasteiger partial charge in [0.2, 0.25) is 0 Å². The summed E-state index contributed by atoms with van der Waals surface area (Å²) >= 11 is 0. The van der Waals surface area contributed by atoms with E-state index in [1.54, 1.807) is 33.8 Å². The average Bonchev–Trinajstić information content (AvgIpc) is 2.11. The van der Waals surface area contributed by atoms with Crippen molar-refractivity contribution in [3.63, 3.8) is 0 Å². The van der Waals surface area contributed by atoms with Gasteiger partial charge >= 0.3 is 21.7 Å². The Labute approximate surface area is 130 Å². The van der Waals surface area contributed by atoms with Gasteiger partial charge in [-0.25, -0.2) is 0 Å². The van der Waals surface area contributed by atoms with Gasteiger partial charge in [-0.15, -0.1) is 18.8 Å². The number of hydrogen-bond acceptors (Lipinski definition) is 5. The Kier molecular flexibility index (Phi) is 28.2. The van der Waals surface area contributed by atoms with Crippen molar-refractivity contribution in [2.75, 3.05) is 0 Å². The molecule has 5 nitrogen and oxygen atoms in total. The molecule has 19 heavy (non-hydrogen) atoms. The summed E-state index contributed by atoms with van der Waals surface area (Å²) in [5, 5.41) is 28.9. The molecular formula is C13H23O5Ti. The first kappa shape index (κ1) is 27.0. The molecule has 0 aromatic heterocycles. The number of hydrogen-bond donors (Lipinski definition) is 0. The van der Waals surface area contributed by atoms with E-state index >= 15 is 0 Å². The molecule has 0 N–H and O–H groups in total. The summed E-state index contributed by atoms with van der Waals surface area (Å²) in [4.78, 5) is 20.4. The smallest absolute Gasteiger partial charge is 0.852 e. The predicted octanol–water partition coefficient (Wildman–Crippen LogP) is -0.831. The number of ketones is 1. The Morgan fingerprint density at radius 3 is 1.63 bits per heavy atom. The van der Waals surface area contributed by atoms with Crippen molar-refractivity contribution in [3.8, 4) is 0 Å². The van der Waals surface area contributed by atoms with Crippen LogP contribution in [0.4, 0.5) is 0 Å². The van der Waals surface area contributed by atoms with Gasteiger partial charge in [0.15, 0.2) is 0 Å². The molecule has 6 heteroatoms. The van der Waals surface area contributed by atoms with E-state index < -0.39 is 24.6 Å². The summed E-state index contributed by atoms with van der Waals surface area (Å²) in [5.41, 5.74) is 0. The molecule has 1 radical (unpaired) electrons. The molecule has 0 rings (SSSR count). The van der Waals surface area contributed by atoms with Crippen molar-refractivity contribution in [2.45, 2.75) is 59.2 Å². The van der Waals surface area contributed by atoms with E-state index in [0.29, 0.717) is 6.42 Å². The van der Waals surface area contributed by atoms with Crippen molar-refractivity contribution in [1.29, 1.82) is 0 Å². The maximum absolute atomic E-state index is 10.5. The first-order chi connectivity index (χ1) is 8.13. The van der Waals surface area contributed by atoms with E-state index in [1.165, 1.54) is 0 Å². The summed E-state index contributed by atoms with van der Waals surface area (Å²) in [6.45, 7) is 9.84. The van der Waals surface area contributed by atoms with Crippen LogP contribution < -0.4 is 15.3 Å². The molecule has 0 aliphatic heterocycles. The number of rotatable bonds is 5. The quantitative estimate of drug-likeness (QED) is 0.374. The van der Waals surface area contributed by atoms with Gasteiger partial charge in [-0.2, -0.15) is 0 Å². The number of aliphatic carboxylic acids is 1. The third kappa shape index (κ3) is 74.7. The molecule has 0 saturated carbocycles. The van der Waals surface area contributed by atoms with Crippen LogP contribution in [0.1, 0.15) is 47.0 Å². The van der Waals surface area contributed by atoms with Gasteiger partial charge < -0.3 is 20.1 Å². The molecule has 0 heterocycles. The Bertz CT molecular complexity index is 216. The molecule has 0 bridgehead atoms. The van der Waals surface area contributed by atoms with Crippen LogP contribution in [0.3, 0.4) is 0 Å². The van der Waals surface area contributed by atoms with Crippen LogP contribution in [0.15, 0.2) is 12.7 Å². The maximum atomic E-state index is 10.5. The minimum atomic E-state index is -1.31. The van der Waals surface area contributed by atoms with E-state index in [4.69, 9.17) is 0 Å². The number of carbonyl (C=O) groups excluding carboxylic acids is 2. The Hall–Kier alpha value is -0.486. The summed E-state index contributed by atoms with van der Waals surface area (Å²) in [5.74, 6) is -1.62. The number of allylic oxidation sites excluding steroid dienone is 1. The van der Waals surface area contributed by atoms with Crippen molar-refractivity contribution < 1.29 is 46.6 Å². The third-order valence-electron chi connectivity index (χ3n) is 0.969. The van der Waals surface area contributed by atoms with Gasteiger partial charge in [-0.3, -0.25) is 4.79 Å². The minimum absolute atomic E-state index is 0. The van der Waals surface area contributed by atoms with Gasteiger partial charge in [0.25, 0.3) is 0 Å². The number of carbonyl (C=O) groups is 2. The fraction of sp³-hybridized carbons (Fsp3) is 0.692. The first-order valence-electron chi connectivity index (χ1n) is 5.77. The normalized spacial score (nSPS) is 8.42. The van der Waals surface area contributed by atoms with E-state index in [1.807, 2.05) is 0 Å². The summed E-state index contributed by atoms with van der Waals surface area (Å²) in [6, 6.07) is 0. The fourth-order valence-corrected chi connectivity index (χ4v) is 0.512. The number of carboxylic acid groups (broad SMARTS) is 1. The summed E-state index contributed by atoms with van der Waals surface area (Å²) in [6.07, 6.45) is 1.05. The van der Waals surface area contributed by atoms with E-state index in [2.05, 4.69) is 6.58 Å². The second-order valence-corrected chi connectivity index (χ2v) is 4.01. The van der Waals surface area contributed by atoms with Crippen LogP contribution in [-0.4, -0.2) is 24.0 Å². The van der Waals surface area contributed by atoms with Gasteiger partial charge in [-0.05, 0) is 6.42 Å². The van der Waals surface area contributed by atoms with E-state index in [-0.39, 0.29) is 33.9 Å². The van der Waals surface area contributed by atoms with Crippen LogP contribution in [0.25, 0.3) is 0 Å². The third-order valence-corrected chi connectivity index (χ3v) is 0.969. The van der Waals surface area contributed by atoms with Gasteiger partial charge in [-0.1, -0.05) is 33.8 Å². The fourth-order valence-electron chi connectivity index (χ4n) is 0.512. The molecule has 109 valence electrons. The van der Waals surface area contributed by atoms with Crippen molar-refractivity contribution in [3.05, 3.63) is 12.7 Å². The molecule has 0 aliphatic carbocycles.